The van der Waals surface area contributed by atoms with E-state index in [9.17, 15) is 9.59 Å². The van der Waals surface area contributed by atoms with Gasteiger partial charge in [0.1, 0.15) is 0 Å². The second-order valence-corrected chi connectivity index (χ2v) is 6.16. The predicted molar refractivity (Wildman–Crippen MR) is 109 cm³/mol. The maximum Gasteiger partial charge on any atom is 0.328 e. The van der Waals surface area contributed by atoms with E-state index in [0.29, 0.717) is 17.2 Å². The Bertz CT molecular complexity index is 998. The van der Waals surface area contributed by atoms with E-state index >= 15 is 0 Å². The summed E-state index contributed by atoms with van der Waals surface area (Å²) in [6, 6.07) is 12.0. The summed E-state index contributed by atoms with van der Waals surface area (Å²) >= 11 is 6.04. The number of aryl methyl sites for hydroxylation is 1. The first-order chi connectivity index (χ1) is 13.3. The van der Waals surface area contributed by atoms with Crippen LogP contribution in [0.25, 0.3) is 10.9 Å². The molecule has 2 heterocycles. The molecule has 28 heavy (non-hydrogen) atoms. The minimum atomic E-state index is -1.26. The number of anilines is 1. The molecule has 0 aliphatic rings. The first-order valence-electron chi connectivity index (χ1n) is 8.42. The van der Waals surface area contributed by atoms with Crippen molar-refractivity contribution < 1.29 is 19.8 Å². The molecule has 0 saturated heterocycles. The Morgan fingerprint density at radius 3 is 2.46 bits per heavy atom. The lowest BCUT2D eigenvalue weighted by Crippen LogP contribution is -2.25. The third-order valence-electron chi connectivity index (χ3n) is 3.89. The topological polar surface area (TPSA) is 95.7 Å². The molecule has 0 spiro atoms. The number of hydrogen-bond acceptors (Lipinski definition) is 4. The average molecular weight is 402 g/mol. The molecule has 0 aliphatic heterocycles. The van der Waals surface area contributed by atoms with E-state index in [-0.39, 0.29) is 0 Å². The van der Waals surface area contributed by atoms with Crippen molar-refractivity contribution in [3.05, 3.63) is 71.7 Å². The number of carboxylic acids is 2. The Kier molecular flexibility index (Phi) is 7.17. The van der Waals surface area contributed by atoms with Crippen LogP contribution < -0.4 is 5.01 Å². The molecular formula is C20H20ClN3O4. The summed E-state index contributed by atoms with van der Waals surface area (Å²) in [5, 5.41) is 19.6. The monoisotopic (exact) mass is 401 g/mol. The summed E-state index contributed by atoms with van der Waals surface area (Å²) in [5.74, 6) is -2.51. The molecule has 3 aromatic rings. The summed E-state index contributed by atoms with van der Waals surface area (Å²) in [5.41, 5.74) is 3.29. The molecule has 0 amide bonds. The van der Waals surface area contributed by atoms with Crippen LogP contribution in [0.4, 0.5) is 5.69 Å². The molecular weight excluding hydrogens is 382 g/mol. The fourth-order valence-electron chi connectivity index (χ4n) is 2.63. The van der Waals surface area contributed by atoms with Crippen molar-refractivity contribution in [1.82, 2.24) is 9.66 Å². The summed E-state index contributed by atoms with van der Waals surface area (Å²) < 4.78 is 2.16. The van der Waals surface area contributed by atoms with E-state index in [1.54, 1.807) is 0 Å². The van der Waals surface area contributed by atoms with Crippen molar-refractivity contribution >= 4 is 40.1 Å². The largest absolute Gasteiger partial charge is 0.478 e. The van der Waals surface area contributed by atoms with Gasteiger partial charge in [0.05, 0.1) is 11.2 Å². The number of halogens is 1. The van der Waals surface area contributed by atoms with Crippen molar-refractivity contribution in [3.63, 3.8) is 0 Å². The molecule has 0 radical (unpaired) electrons. The van der Waals surface area contributed by atoms with Crippen LogP contribution in [0.1, 0.15) is 12.6 Å². The van der Waals surface area contributed by atoms with Gasteiger partial charge in [0.15, 0.2) is 0 Å². The Labute approximate surface area is 167 Å². The quantitative estimate of drug-likeness (QED) is 0.630. The Balaban J connectivity index is 0.000000300. The second-order valence-electron chi connectivity index (χ2n) is 5.72. The van der Waals surface area contributed by atoms with Gasteiger partial charge in [0.25, 0.3) is 0 Å². The molecule has 0 atom stereocenters. The zero-order valence-electron chi connectivity index (χ0n) is 15.4. The third kappa shape index (κ3) is 5.34. The molecule has 3 rings (SSSR count). The molecule has 2 N–H and O–H groups in total. The van der Waals surface area contributed by atoms with Gasteiger partial charge in [-0.25, -0.2) is 9.59 Å². The Morgan fingerprint density at radius 1 is 1.18 bits per heavy atom. The van der Waals surface area contributed by atoms with Crippen molar-refractivity contribution in [3.8, 4) is 0 Å². The zero-order chi connectivity index (χ0) is 20.7. The highest BCUT2D eigenvalue weighted by molar-refractivity contribution is 6.31. The van der Waals surface area contributed by atoms with Crippen LogP contribution in [0.15, 0.2) is 60.9 Å². The molecule has 8 heteroatoms. The van der Waals surface area contributed by atoms with Gasteiger partial charge in [-0.2, -0.15) is 0 Å². The summed E-state index contributed by atoms with van der Waals surface area (Å²) in [6.07, 6.45) is 6.00. The van der Waals surface area contributed by atoms with Crippen LogP contribution in [0, 0.1) is 0 Å². The number of nitrogens with zero attached hydrogens (tertiary/aromatic N) is 3. The lowest BCUT2D eigenvalue weighted by molar-refractivity contribution is -0.134. The minimum absolute atomic E-state index is 0.558. The molecule has 7 nitrogen and oxygen atoms in total. The van der Waals surface area contributed by atoms with Crippen molar-refractivity contribution in [2.45, 2.75) is 13.3 Å². The summed E-state index contributed by atoms with van der Waals surface area (Å²) in [4.78, 5) is 23.5. The standard InChI is InChI=1S/C16H16ClN3.C4H4O4/c1-3-13-5-4-10-20(13)19(2)16-8-9-18-15-11-12(17)6-7-14(15)16;5-3(6)1-2-4(7)8/h4-11H,3H2,1-2H3;1-2H,(H,5,6)(H,7,8). The van der Waals surface area contributed by atoms with Crippen LogP contribution >= 0.6 is 11.6 Å². The minimum Gasteiger partial charge on any atom is -0.478 e. The van der Waals surface area contributed by atoms with E-state index in [1.807, 2.05) is 30.5 Å². The van der Waals surface area contributed by atoms with Crippen molar-refractivity contribution in [1.29, 1.82) is 0 Å². The third-order valence-corrected chi connectivity index (χ3v) is 4.13. The summed E-state index contributed by atoms with van der Waals surface area (Å²) in [6.45, 7) is 2.16. The number of aliphatic carboxylic acids is 2. The number of carboxylic acid groups (broad SMARTS) is 2. The number of aromatic nitrogens is 2. The van der Waals surface area contributed by atoms with E-state index in [1.165, 1.54) is 5.69 Å². The lowest BCUT2D eigenvalue weighted by atomic mass is 10.2. The number of hydrogen-bond donors (Lipinski definition) is 2. The molecule has 0 unspecified atom stereocenters. The van der Waals surface area contributed by atoms with Crippen molar-refractivity contribution in [2.24, 2.45) is 0 Å². The van der Waals surface area contributed by atoms with E-state index in [4.69, 9.17) is 21.8 Å². The van der Waals surface area contributed by atoms with Gasteiger partial charge < -0.3 is 10.2 Å². The highest BCUT2D eigenvalue weighted by atomic mass is 35.5. The van der Waals surface area contributed by atoms with Crippen LogP contribution in [-0.2, 0) is 16.0 Å². The maximum atomic E-state index is 9.55. The van der Waals surface area contributed by atoms with E-state index in [2.05, 4.69) is 47.0 Å². The lowest BCUT2D eigenvalue weighted by Gasteiger charge is -2.24. The second kappa shape index (κ2) is 9.57. The number of carbonyl (C=O) groups is 2. The maximum absolute atomic E-state index is 9.55. The predicted octanol–water partition coefficient (Wildman–Crippen LogP) is 3.86. The normalized spacial score (nSPS) is 10.5. The molecule has 0 bridgehead atoms. The number of benzene rings is 1. The SMILES string of the molecule is CCc1cccn1N(C)c1ccnc2cc(Cl)ccc12.O=C(O)C=CC(=O)O. The summed E-state index contributed by atoms with van der Waals surface area (Å²) in [7, 11) is 2.06. The van der Waals surface area contributed by atoms with Gasteiger partial charge in [0.2, 0.25) is 0 Å². The molecule has 0 aliphatic carbocycles. The van der Waals surface area contributed by atoms with Gasteiger partial charge in [-0.1, -0.05) is 18.5 Å². The van der Waals surface area contributed by atoms with Crippen LogP contribution in [0.2, 0.25) is 5.02 Å². The first-order valence-corrected chi connectivity index (χ1v) is 8.79. The average Bonchev–Trinajstić information content (AvgIpc) is 3.14. The van der Waals surface area contributed by atoms with Crippen LogP contribution in [0.5, 0.6) is 0 Å². The van der Waals surface area contributed by atoms with E-state index in [0.717, 1.165) is 23.0 Å². The smallest absolute Gasteiger partial charge is 0.328 e. The highest BCUT2D eigenvalue weighted by Gasteiger charge is 2.10. The Hall–Kier alpha value is -3.32. The van der Waals surface area contributed by atoms with E-state index < -0.39 is 11.9 Å². The van der Waals surface area contributed by atoms with Gasteiger partial charge in [-0.3, -0.25) is 14.7 Å². The van der Waals surface area contributed by atoms with Gasteiger partial charge in [-0.05, 0) is 42.8 Å². The first kappa shape index (κ1) is 21.0. The van der Waals surface area contributed by atoms with Gasteiger partial charge in [0, 0.05) is 47.7 Å². The molecule has 1 aromatic carbocycles. The van der Waals surface area contributed by atoms with Gasteiger partial charge in [-0.15, -0.1) is 0 Å². The zero-order valence-corrected chi connectivity index (χ0v) is 16.2. The van der Waals surface area contributed by atoms with Crippen LogP contribution in [-0.4, -0.2) is 38.9 Å². The molecule has 0 fully saturated rings. The van der Waals surface area contributed by atoms with Crippen molar-refractivity contribution in [2.75, 3.05) is 12.1 Å². The molecule has 146 valence electrons. The Morgan fingerprint density at radius 2 is 1.86 bits per heavy atom. The fourth-order valence-corrected chi connectivity index (χ4v) is 2.79. The van der Waals surface area contributed by atoms with Crippen LogP contribution in [0.3, 0.4) is 0 Å². The number of pyridine rings is 1. The molecule has 2 aromatic heterocycles. The van der Waals surface area contributed by atoms with Gasteiger partial charge >= 0.3 is 11.9 Å². The number of fused-ring (bicyclic) bond motifs is 1. The molecule has 0 saturated carbocycles. The highest BCUT2D eigenvalue weighted by Crippen LogP contribution is 2.27. The fraction of sp³-hybridized carbons (Fsp3) is 0.150. The number of rotatable bonds is 5.